The monoisotopic (exact) mass is 738 g/mol. The number of thioether (sulfide) groups is 1. The molecule has 4 unspecified atom stereocenters. The summed E-state index contributed by atoms with van der Waals surface area (Å²) in [7, 11) is 0. The van der Waals surface area contributed by atoms with Crippen molar-refractivity contribution >= 4 is 80.3 Å². The number of H-pyrrole nitrogens is 1. The van der Waals surface area contributed by atoms with Crippen LogP contribution in [0.1, 0.15) is 22.8 Å². The van der Waals surface area contributed by atoms with E-state index in [0.717, 1.165) is 32.0 Å². The second kappa shape index (κ2) is 12.1. The van der Waals surface area contributed by atoms with Crippen LogP contribution in [0.5, 0.6) is 5.75 Å². The number of carbonyl (C=O) groups is 3. The van der Waals surface area contributed by atoms with Crippen molar-refractivity contribution in [2.75, 3.05) is 16.8 Å². The van der Waals surface area contributed by atoms with E-state index >= 15 is 0 Å². The van der Waals surface area contributed by atoms with Crippen molar-refractivity contribution in [1.29, 1.82) is 0 Å². The molecule has 2 N–H and O–H groups in total. The number of amides is 3. The molecule has 11 nitrogen and oxygen atoms in total. The number of nitrogens with zero attached hydrogens (tertiary/aromatic N) is 2. The van der Waals surface area contributed by atoms with E-state index in [9.17, 15) is 29.3 Å². The molecule has 4 aliphatic rings. The van der Waals surface area contributed by atoms with Crippen molar-refractivity contribution in [3.63, 3.8) is 0 Å². The number of nitro groups is 1. The van der Waals surface area contributed by atoms with Gasteiger partial charge in [0, 0.05) is 44.5 Å². The normalized spacial score (nSPS) is 25.8. The maximum Gasteiger partial charge on any atom is 0.305 e. The largest absolute Gasteiger partial charge is 0.483 e. The number of aromatic amines is 1. The number of imide groups is 1. The summed E-state index contributed by atoms with van der Waals surface area (Å²) in [6.45, 7) is -0.277. The van der Waals surface area contributed by atoms with E-state index in [0.29, 0.717) is 34.1 Å². The predicted molar refractivity (Wildman–Crippen MR) is 194 cm³/mol. The minimum absolute atomic E-state index is 0.0874. The van der Waals surface area contributed by atoms with Crippen LogP contribution in [-0.4, -0.2) is 39.5 Å². The van der Waals surface area contributed by atoms with Gasteiger partial charge in [0.1, 0.15) is 5.75 Å². The van der Waals surface area contributed by atoms with Crippen molar-refractivity contribution in [2.24, 2.45) is 29.6 Å². The first-order chi connectivity index (χ1) is 24.7. The van der Waals surface area contributed by atoms with Crippen LogP contribution in [0.15, 0.2) is 94.7 Å². The fourth-order valence-electron chi connectivity index (χ4n) is 8.84. The highest BCUT2D eigenvalue weighted by Crippen LogP contribution is 2.69. The van der Waals surface area contributed by atoms with E-state index in [1.807, 2.05) is 42.5 Å². The summed E-state index contributed by atoms with van der Waals surface area (Å²) in [5.74, 6) is -2.47. The Morgan fingerprint density at radius 3 is 2.47 bits per heavy atom. The Morgan fingerprint density at radius 1 is 0.961 bits per heavy atom. The molecule has 2 aliphatic carbocycles. The smallest absolute Gasteiger partial charge is 0.305 e. The van der Waals surface area contributed by atoms with Gasteiger partial charge < -0.3 is 15.0 Å². The van der Waals surface area contributed by atoms with Gasteiger partial charge in [0.2, 0.25) is 11.8 Å². The van der Waals surface area contributed by atoms with Gasteiger partial charge in [-0.1, -0.05) is 53.3 Å². The Kier molecular flexibility index (Phi) is 7.56. The second-order valence-electron chi connectivity index (χ2n) is 13.3. The van der Waals surface area contributed by atoms with Gasteiger partial charge in [-0.2, -0.15) is 0 Å². The summed E-state index contributed by atoms with van der Waals surface area (Å²) in [6, 6.07) is 24.2. The van der Waals surface area contributed by atoms with E-state index < -0.39 is 16.8 Å². The molecule has 14 heteroatoms. The number of non-ortho nitro benzene ring substituents is 1. The van der Waals surface area contributed by atoms with E-state index in [2.05, 4.69) is 10.3 Å². The number of nitro benzene ring substituents is 1. The molecule has 2 saturated carbocycles. The lowest BCUT2D eigenvalue weighted by Crippen LogP contribution is -2.42. The van der Waals surface area contributed by atoms with Crippen LogP contribution in [0.25, 0.3) is 10.8 Å². The third kappa shape index (κ3) is 5.16. The molecule has 4 aromatic carbocycles. The van der Waals surface area contributed by atoms with Gasteiger partial charge in [-0.3, -0.25) is 34.2 Å². The highest BCUT2D eigenvalue weighted by atomic mass is 35.5. The third-order valence-electron chi connectivity index (χ3n) is 10.7. The number of aromatic nitrogens is 1. The molecule has 5 aromatic rings. The molecule has 256 valence electrons. The number of carbonyl (C=O) groups excluding carboxylic acids is 3. The van der Waals surface area contributed by atoms with Crippen LogP contribution in [0.4, 0.5) is 17.1 Å². The number of rotatable bonds is 7. The van der Waals surface area contributed by atoms with Crippen molar-refractivity contribution in [3.05, 3.63) is 120 Å². The van der Waals surface area contributed by atoms with Gasteiger partial charge in [-0.05, 0) is 77.4 Å². The standard InChI is InChI=1S/C37H27ClN4O7S2/c38-19-6-12-26(49-16-27(43)39-20-7-5-17-3-1-2-4-18(17)13-20)23(14-19)28-29-24-15-25(32(29)50-34-33(28)51-37(46)40-34)31-30(24)35(44)41(36(31)45)21-8-10-22(11-9-21)42(47)48/h1-14,24-25,28-32H,15-16H2,(H,39,43)(H,40,46)/t24-,25-,28-,29?,30?,31?,32?/m1/s1. The Hall–Kier alpha value is -4.98. The molecule has 1 aromatic heterocycles. The first-order valence-electron chi connectivity index (χ1n) is 16.4. The van der Waals surface area contributed by atoms with Gasteiger partial charge >= 0.3 is 4.87 Å². The second-order valence-corrected chi connectivity index (χ2v) is 16.0. The van der Waals surface area contributed by atoms with E-state index in [4.69, 9.17) is 16.3 Å². The molecular weight excluding hydrogens is 712 g/mol. The summed E-state index contributed by atoms with van der Waals surface area (Å²) in [5.41, 5.74) is 1.53. The molecule has 0 radical (unpaired) electrons. The molecule has 9 rings (SSSR count). The zero-order chi connectivity index (χ0) is 35.1. The topological polar surface area (TPSA) is 152 Å². The van der Waals surface area contributed by atoms with Crippen LogP contribution in [0.2, 0.25) is 5.02 Å². The molecule has 3 fully saturated rings. The molecule has 1 saturated heterocycles. The highest BCUT2D eigenvalue weighted by molar-refractivity contribution is 8.00. The highest BCUT2D eigenvalue weighted by Gasteiger charge is 2.70. The SMILES string of the molecule is O=C(COc1ccc(Cl)cc1[C@H]1c2sc(=O)[nH]c2SC2C1[C@H]1C[C@@H]2C2C(=O)N(c3ccc([N+](=O)[O-])cc3)C(=O)C21)Nc1ccc2ccccc2c1. The molecule has 3 amide bonds. The first-order valence-corrected chi connectivity index (χ1v) is 18.5. The molecule has 3 heterocycles. The number of halogens is 1. The summed E-state index contributed by atoms with van der Waals surface area (Å²) < 4.78 is 6.21. The molecule has 7 atom stereocenters. The lowest BCUT2D eigenvalue weighted by Gasteiger charge is -2.43. The van der Waals surface area contributed by atoms with E-state index in [-0.39, 0.29) is 63.8 Å². The maximum absolute atomic E-state index is 14.1. The quantitative estimate of drug-likeness (QED) is 0.105. The predicted octanol–water partition coefficient (Wildman–Crippen LogP) is 6.85. The lowest BCUT2D eigenvalue weighted by molar-refractivity contribution is -0.384. The van der Waals surface area contributed by atoms with Crippen LogP contribution >= 0.6 is 34.7 Å². The summed E-state index contributed by atoms with van der Waals surface area (Å²) in [4.78, 5) is 69.5. The fourth-order valence-corrected chi connectivity index (χ4v) is 11.9. The summed E-state index contributed by atoms with van der Waals surface area (Å²) in [5, 5.41) is 17.3. The number of hydrogen-bond acceptors (Lipinski definition) is 9. The number of hydrogen-bond donors (Lipinski definition) is 2. The minimum atomic E-state index is -0.574. The number of ether oxygens (including phenoxy) is 1. The average Bonchev–Trinajstić information content (AvgIpc) is 3.86. The molecule has 51 heavy (non-hydrogen) atoms. The molecule has 0 spiro atoms. The van der Waals surface area contributed by atoms with Crippen LogP contribution in [0.3, 0.4) is 0 Å². The Balaban J connectivity index is 1.03. The van der Waals surface area contributed by atoms with Gasteiger partial charge in [0.15, 0.2) is 6.61 Å². The molecule has 2 aliphatic heterocycles. The number of thiazole rings is 1. The lowest BCUT2D eigenvalue weighted by atomic mass is 9.68. The van der Waals surface area contributed by atoms with E-state index in [1.54, 1.807) is 30.0 Å². The van der Waals surface area contributed by atoms with E-state index in [1.165, 1.54) is 29.2 Å². The Morgan fingerprint density at radius 2 is 1.71 bits per heavy atom. The number of benzene rings is 4. The number of nitrogens with one attached hydrogen (secondary N) is 2. The first kappa shape index (κ1) is 32.0. The average molecular weight is 739 g/mol. The summed E-state index contributed by atoms with van der Waals surface area (Å²) in [6.07, 6.45) is 0.670. The van der Waals surface area contributed by atoms with Crippen molar-refractivity contribution in [3.8, 4) is 5.75 Å². The van der Waals surface area contributed by atoms with Crippen LogP contribution in [-0.2, 0) is 14.4 Å². The Labute approximate surface area is 303 Å². The number of fused-ring (bicyclic) bond motifs is 10. The zero-order valence-electron chi connectivity index (χ0n) is 26.5. The fraction of sp³-hybridized carbons (Fsp3) is 0.243. The third-order valence-corrected chi connectivity index (χ3v) is 13.6. The van der Waals surface area contributed by atoms with Crippen molar-refractivity contribution in [2.45, 2.75) is 22.6 Å². The number of anilines is 2. The molecular formula is C37H27ClN4O7S2. The van der Waals surface area contributed by atoms with Crippen molar-refractivity contribution in [1.82, 2.24) is 4.98 Å². The van der Waals surface area contributed by atoms with Gasteiger partial charge in [-0.15, -0.1) is 11.8 Å². The minimum Gasteiger partial charge on any atom is -0.483 e. The summed E-state index contributed by atoms with van der Waals surface area (Å²) >= 11 is 9.27. The van der Waals surface area contributed by atoms with Gasteiger partial charge in [-0.25, -0.2) is 0 Å². The van der Waals surface area contributed by atoms with Gasteiger partial charge in [0.05, 0.1) is 27.5 Å². The Bertz CT molecular complexity index is 2360. The van der Waals surface area contributed by atoms with Crippen molar-refractivity contribution < 1.29 is 24.0 Å². The van der Waals surface area contributed by atoms with Crippen LogP contribution < -0.4 is 19.8 Å². The molecule has 2 bridgehead atoms. The zero-order valence-corrected chi connectivity index (χ0v) is 28.9. The van der Waals surface area contributed by atoms with Crippen LogP contribution in [0, 0.1) is 39.7 Å². The van der Waals surface area contributed by atoms with Gasteiger partial charge in [0.25, 0.3) is 11.6 Å². The maximum atomic E-state index is 14.1.